The smallest absolute Gasteiger partial charge is 0.282 e. The molecule has 1 amide bonds. The summed E-state index contributed by atoms with van der Waals surface area (Å²) in [5, 5.41) is 18.5. The van der Waals surface area contributed by atoms with Crippen molar-refractivity contribution in [2.75, 3.05) is 5.32 Å². The Morgan fingerprint density at radius 1 is 1.28 bits per heavy atom. The quantitative estimate of drug-likeness (QED) is 0.345. The Labute approximate surface area is 184 Å². The average molecular weight is 455 g/mol. The van der Waals surface area contributed by atoms with E-state index in [0.29, 0.717) is 22.7 Å². The second-order valence-electron chi connectivity index (χ2n) is 6.78. The molecule has 4 rings (SSSR count). The first kappa shape index (κ1) is 21.0. The van der Waals surface area contributed by atoms with E-state index in [-0.39, 0.29) is 27.9 Å². The maximum absolute atomic E-state index is 12.9. The van der Waals surface area contributed by atoms with Gasteiger partial charge in [0.05, 0.1) is 11.2 Å². The zero-order valence-corrected chi connectivity index (χ0v) is 17.5. The van der Waals surface area contributed by atoms with Crippen LogP contribution >= 0.6 is 11.6 Å². The van der Waals surface area contributed by atoms with Crippen LogP contribution in [0.3, 0.4) is 0 Å². The number of carbonyl (C=O) groups is 1. The van der Waals surface area contributed by atoms with Gasteiger partial charge in [0.2, 0.25) is 5.95 Å². The minimum absolute atomic E-state index is 0.0480. The standard InChI is InChI=1S/C20H15ClN6O5/c1-10-11(2)22-20(24-18(10)28)26-17(9-14(25-26)16-4-3-7-32-16)23-19(29)13-8-12(21)5-6-15(13)27(30)31/h3-9H,1-2H3,(H,23,29)(H,22,24,28). The maximum Gasteiger partial charge on any atom is 0.282 e. The predicted octanol–water partition coefficient (Wildman–Crippen LogP) is 3.65. The molecule has 0 atom stereocenters. The number of aromatic nitrogens is 4. The molecule has 162 valence electrons. The highest BCUT2D eigenvalue weighted by molar-refractivity contribution is 6.31. The molecule has 0 spiro atoms. The molecule has 0 radical (unpaired) electrons. The Morgan fingerprint density at radius 3 is 2.72 bits per heavy atom. The lowest BCUT2D eigenvalue weighted by Crippen LogP contribution is -2.21. The van der Waals surface area contributed by atoms with E-state index >= 15 is 0 Å². The number of anilines is 1. The van der Waals surface area contributed by atoms with Crippen molar-refractivity contribution in [1.82, 2.24) is 19.7 Å². The van der Waals surface area contributed by atoms with Gasteiger partial charge in [-0.05, 0) is 38.1 Å². The van der Waals surface area contributed by atoms with Crippen molar-refractivity contribution >= 4 is 29.0 Å². The molecular weight excluding hydrogens is 440 g/mol. The molecule has 12 heteroatoms. The third kappa shape index (κ3) is 3.88. The van der Waals surface area contributed by atoms with Gasteiger partial charge >= 0.3 is 0 Å². The van der Waals surface area contributed by atoms with E-state index in [1.807, 2.05) is 0 Å². The first-order valence-electron chi connectivity index (χ1n) is 9.21. The van der Waals surface area contributed by atoms with Gasteiger partial charge in [-0.15, -0.1) is 0 Å². The Hall–Kier alpha value is -4.25. The summed E-state index contributed by atoms with van der Waals surface area (Å²) in [6, 6.07) is 8.47. The third-order valence-electron chi connectivity index (χ3n) is 4.71. The first-order valence-corrected chi connectivity index (χ1v) is 9.59. The second kappa shape index (κ2) is 8.12. The maximum atomic E-state index is 12.9. The molecule has 3 aromatic heterocycles. The summed E-state index contributed by atoms with van der Waals surface area (Å²) >= 11 is 5.93. The molecule has 1 aromatic carbocycles. The fourth-order valence-corrected chi connectivity index (χ4v) is 3.11. The summed E-state index contributed by atoms with van der Waals surface area (Å²) in [7, 11) is 0. The number of benzene rings is 1. The van der Waals surface area contributed by atoms with E-state index in [4.69, 9.17) is 16.0 Å². The van der Waals surface area contributed by atoms with Gasteiger partial charge in [-0.25, -0.2) is 4.98 Å². The van der Waals surface area contributed by atoms with Gasteiger partial charge in [-0.2, -0.15) is 9.78 Å². The van der Waals surface area contributed by atoms with E-state index in [9.17, 15) is 19.7 Å². The van der Waals surface area contributed by atoms with Crippen LogP contribution in [-0.2, 0) is 0 Å². The van der Waals surface area contributed by atoms with Gasteiger partial charge in [0.15, 0.2) is 5.76 Å². The van der Waals surface area contributed by atoms with Gasteiger partial charge in [-0.1, -0.05) is 11.6 Å². The number of amides is 1. The molecule has 0 fully saturated rings. The van der Waals surface area contributed by atoms with Crippen molar-refractivity contribution in [2.24, 2.45) is 0 Å². The summed E-state index contributed by atoms with van der Waals surface area (Å²) in [6.45, 7) is 3.29. The normalized spacial score (nSPS) is 10.8. The number of nitro benzene ring substituents is 1. The molecule has 0 aliphatic carbocycles. The van der Waals surface area contributed by atoms with E-state index in [1.54, 1.807) is 26.0 Å². The number of aromatic amines is 1. The number of aryl methyl sites for hydroxylation is 1. The first-order chi connectivity index (χ1) is 15.2. The lowest BCUT2D eigenvalue weighted by atomic mass is 10.1. The molecule has 3 heterocycles. The minimum atomic E-state index is -0.794. The van der Waals surface area contributed by atoms with Gasteiger partial charge in [0.1, 0.15) is 17.1 Å². The highest BCUT2D eigenvalue weighted by Crippen LogP contribution is 2.27. The molecule has 0 bridgehead atoms. The van der Waals surface area contributed by atoms with Crippen molar-refractivity contribution in [1.29, 1.82) is 0 Å². The number of halogens is 1. The number of furan rings is 1. The van der Waals surface area contributed by atoms with Crippen LogP contribution in [0, 0.1) is 24.0 Å². The molecule has 0 aliphatic rings. The van der Waals surface area contributed by atoms with Crippen molar-refractivity contribution in [3.8, 4) is 17.4 Å². The van der Waals surface area contributed by atoms with Crippen LogP contribution in [0.4, 0.5) is 11.5 Å². The van der Waals surface area contributed by atoms with Crippen LogP contribution in [0.15, 0.2) is 51.9 Å². The third-order valence-corrected chi connectivity index (χ3v) is 4.94. The molecule has 0 unspecified atom stereocenters. The van der Waals surface area contributed by atoms with E-state index in [1.165, 1.54) is 29.1 Å². The summed E-state index contributed by atoms with van der Waals surface area (Å²) in [4.78, 5) is 42.8. The summed E-state index contributed by atoms with van der Waals surface area (Å²) < 4.78 is 6.57. The zero-order valence-electron chi connectivity index (χ0n) is 16.7. The monoisotopic (exact) mass is 454 g/mol. The average Bonchev–Trinajstić information content (AvgIpc) is 3.41. The predicted molar refractivity (Wildman–Crippen MR) is 115 cm³/mol. The topological polar surface area (TPSA) is 149 Å². The molecule has 4 aromatic rings. The molecule has 0 aliphatic heterocycles. The lowest BCUT2D eigenvalue weighted by molar-refractivity contribution is -0.385. The summed E-state index contributed by atoms with van der Waals surface area (Å²) in [6.07, 6.45) is 1.46. The van der Waals surface area contributed by atoms with Crippen LogP contribution < -0.4 is 10.9 Å². The fraction of sp³-hybridized carbons (Fsp3) is 0.100. The Kier molecular flexibility index (Phi) is 5.33. The number of H-pyrrole nitrogens is 1. The van der Waals surface area contributed by atoms with Crippen molar-refractivity contribution in [3.05, 3.63) is 85.0 Å². The van der Waals surface area contributed by atoms with Gasteiger partial charge < -0.3 is 9.73 Å². The highest BCUT2D eigenvalue weighted by Gasteiger charge is 2.23. The van der Waals surface area contributed by atoms with Crippen LogP contribution in [-0.4, -0.2) is 30.6 Å². The number of carbonyl (C=O) groups excluding carboxylic acids is 1. The van der Waals surface area contributed by atoms with Crippen molar-refractivity contribution in [2.45, 2.75) is 13.8 Å². The van der Waals surface area contributed by atoms with E-state index < -0.39 is 16.5 Å². The SMILES string of the molecule is Cc1nc(-n2nc(-c3ccco3)cc2NC(=O)c2cc(Cl)ccc2[N+](=O)[O-])[nH]c(=O)c1C. The van der Waals surface area contributed by atoms with Crippen molar-refractivity contribution < 1.29 is 14.1 Å². The number of nitrogens with zero attached hydrogens (tertiary/aromatic N) is 4. The number of hydrogen-bond acceptors (Lipinski definition) is 7. The van der Waals surface area contributed by atoms with Gasteiger partial charge in [-0.3, -0.25) is 24.7 Å². The molecule has 0 saturated carbocycles. The Balaban J connectivity index is 1.82. The molecule has 32 heavy (non-hydrogen) atoms. The number of nitro groups is 1. The van der Waals surface area contributed by atoms with Crippen LogP contribution in [0.25, 0.3) is 17.4 Å². The van der Waals surface area contributed by atoms with Crippen LogP contribution in [0.5, 0.6) is 0 Å². The van der Waals surface area contributed by atoms with Crippen molar-refractivity contribution in [3.63, 3.8) is 0 Å². The Morgan fingerprint density at radius 2 is 2.06 bits per heavy atom. The molecule has 11 nitrogen and oxygen atoms in total. The van der Waals surface area contributed by atoms with E-state index in [2.05, 4.69) is 20.4 Å². The van der Waals surface area contributed by atoms with Crippen LogP contribution in [0.1, 0.15) is 21.6 Å². The van der Waals surface area contributed by atoms with Gasteiger partial charge in [0, 0.05) is 28.4 Å². The largest absolute Gasteiger partial charge is 0.463 e. The van der Waals surface area contributed by atoms with E-state index in [0.717, 1.165) is 6.07 Å². The number of hydrogen-bond donors (Lipinski definition) is 2. The highest BCUT2D eigenvalue weighted by atomic mass is 35.5. The zero-order chi connectivity index (χ0) is 23.0. The van der Waals surface area contributed by atoms with Gasteiger partial charge in [0.25, 0.3) is 17.2 Å². The summed E-state index contributed by atoms with van der Waals surface area (Å²) in [5.41, 5.74) is 0.226. The Bertz CT molecular complexity index is 1410. The fourth-order valence-electron chi connectivity index (χ4n) is 2.94. The minimum Gasteiger partial charge on any atom is -0.463 e. The molecule has 0 saturated heterocycles. The van der Waals surface area contributed by atoms with Crippen LogP contribution in [0.2, 0.25) is 5.02 Å². The number of nitrogens with one attached hydrogen (secondary N) is 2. The summed E-state index contributed by atoms with van der Waals surface area (Å²) in [5.74, 6) is -0.245. The lowest BCUT2D eigenvalue weighted by Gasteiger charge is -2.09. The number of rotatable bonds is 5. The second-order valence-corrected chi connectivity index (χ2v) is 7.21. The molecular formula is C20H15ClN6O5. The molecule has 2 N–H and O–H groups in total.